The summed E-state index contributed by atoms with van der Waals surface area (Å²) in [5, 5.41) is 0. The molecule has 1 unspecified atom stereocenters. The van der Waals surface area contributed by atoms with Crippen molar-refractivity contribution in [3.05, 3.63) is 35.9 Å². The van der Waals surface area contributed by atoms with Gasteiger partial charge in [0.25, 0.3) is 5.91 Å². The lowest BCUT2D eigenvalue weighted by molar-refractivity contribution is -0.146. The van der Waals surface area contributed by atoms with Gasteiger partial charge in [0, 0.05) is 20.2 Å². The minimum absolute atomic E-state index is 0.0157. The van der Waals surface area contributed by atoms with Gasteiger partial charge in [0.15, 0.2) is 6.10 Å². The normalized spacial score (nSPS) is 17.8. The first-order chi connectivity index (χ1) is 8.33. The van der Waals surface area contributed by atoms with Gasteiger partial charge in [-0.05, 0) is 5.56 Å². The standard InChI is InChI=1S/C13H17NO3/c1-16-12(11-5-3-2-4-6-11)13(15)14-7-9-17-10-8-14/h2-6,12H,7-10H2,1H3. The number of benzene rings is 1. The summed E-state index contributed by atoms with van der Waals surface area (Å²) < 4.78 is 10.6. The average molecular weight is 235 g/mol. The van der Waals surface area contributed by atoms with Crippen LogP contribution in [0.1, 0.15) is 11.7 Å². The van der Waals surface area contributed by atoms with Crippen molar-refractivity contribution >= 4 is 5.91 Å². The van der Waals surface area contributed by atoms with Gasteiger partial charge in [-0.2, -0.15) is 0 Å². The van der Waals surface area contributed by atoms with E-state index in [0.717, 1.165) is 5.56 Å². The van der Waals surface area contributed by atoms with E-state index in [0.29, 0.717) is 26.3 Å². The number of carbonyl (C=O) groups is 1. The smallest absolute Gasteiger partial charge is 0.256 e. The minimum atomic E-state index is -0.505. The van der Waals surface area contributed by atoms with Crippen molar-refractivity contribution in [3.63, 3.8) is 0 Å². The number of methoxy groups -OCH3 is 1. The number of rotatable bonds is 3. The maximum absolute atomic E-state index is 12.3. The summed E-state index contributed by atoms with van der Waals surface area (Å²) in [4.78, 5) is 14.1. The number of amides is 1. The monoisotopic (exact) mass is 235 g/mol. The zero-order valence-electron chi connectivity index (χ0n) is 9.96. The van der Waals surface area contributed by atoms with Crippen molar-refractivity contribution in [2.75, 3.05) is 33.4 Å². The highest BCUT2D eigenvalue weighted by molar-refractivity contribution is 5.82. The van der Waals surface area contributed by atoms with Crippen LogP contribution < -0.4 is 0 Å². The van der Waals surface area contributed by atoms with Gasteiger partial charge in [-0.25, -0.2) is 0 Å². The van der Waals surface area contributed by atoms with Crippen molar-refractivity contribution in [3.8, 4) is 0 Å². The molecule has 1 amide bonds. The first kappa shape index (κ1) is 12.1. The molecule has 0 bridgehead atoms. The number of carbonyl (C=O) groups excluding carboxylic acids is 1. The largest absolute Gasteiger partial charge is 0.378 e. The molecule has 0 radical (unpaired) electrons. The Labute approximate surface area is 101 Å². The van der Waals surface area contributed by atoms with Gasteiger partial charge in [0.1, 0.15) is 0 Å². The topological polar surface area (TPSA) is 38.8 Å². The summed E-state index contributed by atoms with van der Waals surface area (Å²) in [5.74, 6) is 0.0157. The van der Waals surface area contributed by atoms with E-state index in [-0.39, 0.29) is 5.91 Å². The summed E-state index contributed by atoms with van der Waals surface area (Å²) in [7, 11) is 1.57. The number of morpholine rings is 1. The Balaban J connectivity index is 2.10. The fourth-order valence-electron chi connectivity index (χ4n) is 1.96. The predicted octanol–water partition coefficient (Wildman–Crippen LogP) is 1.23. The van der Waals surface area contributed by atoms with Crippen LogP contribution in [0.25, 0.3) is 0 Å². The Hall–Kier alpha value is -1.39. The molecule has 2 rings (SSSR count). The van der Waals surface area contributed by atoms with Gasteiger partial charge >= 0.3 is 0 Å². The van der Waals surface area contributed by atoms with E-state index in [1.807, 2.05) is 30.3 Å². The quantitative estimate of drug-likeness (QED) is 0.791. The van der Waals surface area contributed by atoms with Crippen LogP contribution >= 0.6 is 0 Å². The third kappa shape index (κ3) is 2.84. The molecule has 1 saturated heterocycles. The molecule has 0 spiro atoms. The van der Waals surface area contributed by atoms with Gasteiger partial charge in [-0.15, -0.1) is 0 Å². The molecular weight excluding hydrogens is 218 g/mol. The second-order valence-electron chi connectivity index (χ2n) is 3.96. The van der Waals surface area contributed by atoms with Gasteiger partial charge in [-0.3, -0.25) is 4.79 Å². The van der Waals surface area contributed by atoms with Crippen LogP contribution in [-0.2, 0) is 14.3 Å². The molecule has 1 heterocycles. The lowest BCUT2D eigenvalue weighted by Gasteiger charge is -2.30. The fourth-order valence-corrected chi connectivity index (χ4v) is 1.96. The third-order valence-electron chi connectivity index (χ3n) is 2.89. The van der Waals surface area contributed by atoms with Crippen LogP contribution in [0.2, 0.25) is 0 Å². The van der Waals surface area contributed by atoms with Crippen molar-refractivity contribution in [2.45, 2.75) is 6.10 Å². The maximum atomic E-state index is 12.3. The van der Waals surface area contributed by atoms with Gasteiger partial charge in [-0.1, -0.05) is 30.3 Å². The first-order valence-electron chi connectivity index (χ1n) is 5.77. The Bertz CT molecular complexity index is 360. The summed E-state index contributed by atoms with van der Waals surface area (Å²) in [5.41, 5.74) is 0.895. The fraction of sp³-hybridized carbons (Fsp3) is 0.462. The highest BCUT2D eigenvalue weighted by Crippen LogP contribution is 2.19. The molecule has 4 heteroatoms. The van der Waals surface area contributed by atoms with Crippen molar-refractivity contribution in [2.24, 2.45) is 0 Å². The van der Waals surface area contributed by atoms with Crippen LogP contribution in [0, 0.1) is 0 Å². The second kappa shape index (κ2) is 5.80. The number of nitrogens with zero attached hydrogens (tertiary/aromatic N) is 1. The first-order valence-corrected chi connectivity index (χ1v) is 5.77. The van der Waals surface area contributed by atoms with Crippen LogP contribution in [0.15, 0.2) is 30.3 Å². The predicted molar refractivity (Wildman–Crippen MR) is 63.6 cm³/mol. The van der Waals surface area contributed by atoms with Crippen molar-refractivity contribution in [1.29, 1.82) is 0 Å². The highest BCUT2D eigenvalue weighted by atomic mass is 16.5. The molecule has 1 aromatic rings. The van der Waals surface area contributed by atoms with Gasteiger partial charge < -0.3 is 14.4 Å². The van der Waals surface area contributed by atoms with E-state index in [1.165, 1.54) is 0 Å². The van der Waals surface area contributed by atoms with Crippen LogP contribution in [0.4, 0.5) is 0 Å². The number of hydrogen-bond donors (Lipinski definition) is 0. The summed E-state index contributed by atoms with van der Waals surface area (Å²) >= 11 is 0. The molecule has 1 fully saturated rings. The van der Waals surface area contributed by atoms with E-state index in [1.54, 1.807) is 12.0 Å². The minimum Gasteiger partial charge on any atom is -0.378 e. The highest BCUT2D eigenvalue weighted by Gasteiger charge is 2.26. The lowest BCUT2D eigenvalue weighted by atomic mass is 10.1. The molecule has 4 nitrogen and oxygen atoms in total. The van der Waals surface area contributed by atoms with E-state index in [2.05, 4.69) is 0 Å². The molecule has 0 aromatic heterocycles. The van der Waals surface area contributed by atoms with Crippen molar-refractivity contribution < 1.29 is 14.3 Å². The Morgan fingerprint density at radius 3 is 2.53 bits per heavy atom. The van der Waals surface area contributed by atoms with E-state index in [9.17, 15) is 4.79 Å². The Morgan fingerprint density at radius 1 is 1.29 bits per heavy atom. The molecule has 1 atom stereocenters. The van der Waals surface area contributed by atoms with Gasteiger partial charge in [0.2, 0.25) is 0 Å². The molecule has 1 aliphatic heterocycles. The van der Waals surface area contributed by atoms with Crippen LogP contribution in [0.5, 0.6) is 0 Å². The molecular formula is C13H17NO3. The summed E-state index contributed by atoms with van der Waals surface area (Å²) in [6.07, 6.45) is -0.505. The number of hydrogen-bond acceptors (Lipinski definition) is 3. The molecule has 0 N–H and O–H groups in total. The zero-order valence-corrected chi connectivity index (χ0v) is 9.96. The Morgan fingerprint density at radius 2 is 1.94 bits per heavy atom. The van der Waals surface area contributed by atoms with E-state index >= 15 is 0 Å². The number of ether oxygens (including phenoxy) is 2. The van der Waals surface area contributed by atoms with Crippen LogP contribution in [-0.4, -0.2) is 44.2 Å². The third-order valence-corrected chi connectivity index (χ3v) is 2.89. The second-order valence-corrected chi connectivity index (χ2v) is 3.96. The van der Waals surface area contributed by atoms with Crippen LogP contribution in [0.3, 0.4) is 0 Å². The molecule has 92 valence electrons. The van der Waals surface area contributed by atoms with Gasteiger partial charge in [0.05, 0.1) is 13.2 Å². The van der Waals surface area contributed by atoms with Crippen molar-refractivity contribution in [1.82, 2.24) is 4.90 Å². The Kier molecular flexibility index (Phi) is 4.12. The molecule has 17 heavy (non-hydrogen) atoms. The molecule has 1 aliphatic rings. The molecule has 1 aromatic carbocycles. The molecule has 0 aliphatic carbocycles. The van der Waals surface area contributed by atoms with E-state index < -0.39 is 6.10 Å². The summed E-state index contributed by atoms with van der Waals surface area (Å²) in [6.45, 7) is 2.50. The maximum Gasteiger partial charge on any atom is 0.256 e. The zero-order chi connectivity index (χ0) is 12.1. The van der Waals surface area contributed by atoms with E-state index in [4.69, 9.17) is 9.47 Å². The molecule has 0 saturated carbocycles. The summed E-state index contributed by atoms with van der Waals surface area (Å²) in [6, 6.07) is 9.57. The average Bonchev–Trinajstić information content (AvgIpc) is 2.42. The lowest BCUT2D eigenvalue weighted by Crippen LogP contribution is -2.43. The SMILES string of the molecule is COC(C(=O)N1CCOCC1)c1ccccc1.